The summed E-state index contributed by atoms with van der Waals surface area (Å²) in [6.45, 7) is 3.30. The van der Waals surface area contributed by atoms with Crippen LogP contribution in [-0.4, -0.2) is 53.8 Å². The number of nitrogens with two attached hydrogens (primary N) is 1. The molecular weight excluding hydrogens is 314 g/mol. The van der Waals surface area contributed by atoms with Crippen LogP contribution in [0, 0.1) is 0 Å². The van der Waals surface area contributed by atoms with E-state index in [1.165, 1.54) is 0 Å². The zero-order valence-electron chi connectivity index (χ0n) is 13.4. The summed E-state index contributed by atoms with van der Waals surface area (Å²) in [5.74, 6) is -0.246. The first-order valence-electron chi connectivity index (χ1n) is 7.85. The van der Waals surface area contributed by atoms with E-state index < -0.39 is 11.4 Å². The molecule has 2 aliphatic heterocycles. The summed E-state index contributed by atoms with van der Waals surface area (Å²) in [7, 11) is 0. The Bertz CT molecular complexity index is 657. The largest absolute Gasteiger partial charge is 0.491 e. The van der Waals surface area contributed by atoms with Crippen LogP contribution in [0.5, 0.6) is 5.75 Å². The fourth-order valence-electron chi connectivity index (χ4n) is 3.14. The summed E-state index contributed by atoms with van der Waals surface area (Å²) in [6.07, 6.45) is 0.498. The van der Waals surface area contributed by atoms with Crippen molar-refractivity contribution in [3.63, 3.8) is 0 Å². The number of hydroxylamine groups is 1. The molecule has 0 spiro atoms. The second-order valence-corrected chi connectivity index (χ2v) is 6.18. The molecule has 1 saturated heterocycles. The van der Waals surface area contributed by atoms with Gasteiger partial charge in [0.15, 0.2) is 0 Å². The second-order valence-electron chi connectivity index (χ2n) is 6.18. The Kier molecular flexibility index (Phi) is 4.44. The first-order chi connectivity index (χ1) is 11.5. The van der Waals surface area contributed by atoms with Crippen molar-refractivity contribution in [3.8, 4) is 5.75 Å². The highest BCUT2D eigenvalue weighted by Gasteiger charge is 2.43. The highest BCUT2D eigenvalue weighted by Crippen LogP contribution is 2.34. The molecule has 2 heterocycles. The molecule has 0 aromatic heterocycles. The predicted octanol–water partition coefficient (Wildman–Crippen LogP) is 0.205. The Hall–Kier alpha value is -2.16. The van der Waals surface area contributed by atoms with Gasteiger partial charge in [-0.3, -0.25) is 14.8 Å². The lowest BCUT2D eigenvalue weighted by molar-refractivity contribution is -0.139. The van der Waals surface area contributed by atoms with Crippen LogP contribution in [0.25, 0.3) is 0 Å². The van der Waals surface area contributed by atoms with E-state index in [-0.39, 0.29) is 24.1 Å². The SMILES string of the molecule is CC1c2ccc(C(=O)NO)cc2OCCN1C(=O)C1(N)CCOC1. The maximum atomic E-state index is 12.9. The number of benzene rings is 1. The van der Waals surface area contributed by atoms with Gasteiger partial charge < -0.3 is 20.1 Å². The van der Waals surface area contributed by atoms with Crippen LogP contribution in [0.15, 0.2) is 18.2 Å². The number of hydrogen-bond acceptors (Lipinski definition) is 6. The Morgan fingerprint density at radius 1 is 1.42 bits per heavy atom. The molecule has 24 heavy (non-hydrogen) atoms. The molecule has 0 bridgehead atoms. The van der Waals surface area contributed by atoms with E-state index in [0.717, 1.165) is 5.56 Å². The van der Waals surface area contributed by atoms with Gasteiger partial charge in [0.2, 0.25) is 5.91 Å². The molecule has 2 amide bonds. The number of nitrogens with one attached hydrogen (secondary N) is 1. The van der Waals surface area contributed by atoms with E-state index in [1.54, 1.807) is 28.6 Å². The van der Waals surface area contributed by atoms with Gasteiger partial charge in [-0.1, -0.05) is 6.07 Å². The van der Waals surface area contributed by atoms with Crippen molar-refractivity contribution in [1.82, 2.24) is 10.4 Å². The number of carbonyl (C=O) groups excluding carboxylic acids is 2. The van der Waals surface area contributed by atoms with Crippen molar-refractivity contribution in [2.24, 2.45) is 5.73 Å². The molecule has 3 rings (SSSR count). The van der Waals surface area contributed by atoms with Crippen LogP contribution in [0.4, 0.5) is 0 Å². The highest BCUT2D eigenvalue weighted by molar-refractivity contribution is 5.94. The molecule has 1 fully saturated rings. The van der Waals surface area contributed by atoms with Crippen LogP contribution in [0.3, 0.4) is 0 Å². The lowest BCUT2D eigenvalue weighted by atomic mass is 9.95. The molecule has 2 atom stereocenters. The molecule has 1 aromatic carbocycles. The first-order valence-corrected chi connectivity index (χ1v) is 7.85. The van der Waals surface area contributed by atoms with Crippen molar-refractivity contribution in [2.45, 2.75) is 24.9 Å². The van der Waals surface area contributed by atoms with E-state index in [4.69, 9.17) is 20.4 Å². The van der Waals surface area contributed by atoms with Crippen molar-refractivity contribution in [2.75, 3.05) is 26.4 Å². The van der Waals surface area contributed by atoms with Gasteiger partial charge in [-0.05, 0) is 25.5 Å². The minimum absolute atomic E-state index is 0.152. The fraction of sp³-hybridized carbons (Fsp3) is 0.500. The van der Waals surface area contributed by atoms with Crippen LogP contribution in [0.1, 0.15) is 35.3 Å². The molecule has 1 aromatic rings. The zero-order chi connectivity index (χ0) is 17.3. The Morgan fingerprint density at radius 3 is 2.88 bits per heavy atom. The number of carbonyl (C=O) groups is 2. The summed E-state index contributed by atoms with van der Waals surface area (Å²) >= 11 is 0. The van der Waals surface area contributed by atoms with Gasteiger partial charge in [-0.25, -0.2) is 5.48 Å². The molecule has 0 aliphatic carbocycles. The normalized spacial score (nSPS) is 26.3. The average molecular weight is 335 g/mol. The second kappa shape index (κ2) is 6.39. The van der Waals surface area contributed by atoms with Gasteiger partial charge in [0.25, 0.3) is 5.91 Å². The van der Waals surface area contributed by atoms with E-state index in [1.807, 2.05) is 6.92 Å². The van der Waals surface area contributed by atoms with Crippen molar-refractivity contribution in [1.29, 1.82) is 0 Å². The van der Waals surface area contributed by atoms with Gasteiger partial charge in [-0.2, -0.15) is 0 Å². The minimum Gasteiger partial charge on any atom is -0.491 e. The van der Waals surface area contributed by atoms with Gasteiger partial charge in [-0.15, -0.1) is 0 Å². The summed E-state index contributed by atoms with van der Waals surface area (Å²) in [4.78, 5) is 26.1. The lowest BCUT2D eigenvalue weighted by Gasteiger charge is -2.33. The first kappa shape index (κ1) is 16.7. The van der Waals surface area contributed by atoms with Crippen molar-refractivity contribution in [3.05, 3.63) is 29.3 Å². The quantitative estimate of drug-likeness (QED) is 0.526. The molecule has 2 unspecified atom stereocenters. The number of amides is 2. The average Bonchev–Trinajstić information content (AvgIpc) is 2.97. The van der Waals surface area contributed by atoms with Crippen molar-refractivity contribution < 1.29 is 24.3 Å². The summed E-state index contributed by atoms with van der Waals surface area (Å²) in [5, 5.41) is 8.75. The number of fused-ring (bicyclic) bond motifs is 1. The smallest absolute Gasteiger partial charge is 0.274 e. The van der Waals surface area contributed by atoms with Crippen LogP contribution < -0.4 is 16.0 Å². The Labute approximate surface area is 139 Å². The van der Waals surface area contributed by atoms with E-state index >= 15 is 0 Å². The van der Waals surface area contributed by atoms with Gasteiger partial charge in [0.05, 0.1) is 19.2 Å². The van der Waals surface area contributed by atoms with Gasteiger partial charge >= 0.3 is 0 Å². The monoisotopic (exact) mass is 335 g/mol. The number of ether oxygens (including phenoxy) is 2. The molecular formula is C16H21N3O5. The molecule has 0 saturated carbocycles. The molecule has 0 radical (unpaired) electrons. The highest BCUT2D eigenvalue weighted by atomic mass is 16.5. The van der Waals surface area contributed by atoms with Crippen molar-refractivity contribution >= 4 is 11.8 Å². The molecule has 130 valence electrons. The van der Waals surface area contributed by atoms with Crippen LogP contribution in [0.2, 0.25) is 0 Å². The van der Waals surface area contributed by atoms with Crippen LogP contribution in [-0.2, 0) is 9.53 Å². The van der Waals surface area contributed by atoms with E-state index in [2.05, 4.69) is 0 Å². The maximum absolute atomic E-state index is 12.9. The third-order valence-electron chi connectivity index (χ3n) is 4.62. The molecule has 4 N–H and O–H groups in total. The van der Waals surface area contributed by atoms with E-state index in [9.17, 15) is 9.59 Å². The molecule has 8 heteroatoms. The minimum atomic E-state index is -0.991. The molecule has 8 nitrogen and oxygen atoms in total. The number of hydrogen-bond donors (Lipinski definition) is 3. The number of nitrogens with zero attached hydrogens (tertiary/aromatic N) is 1. The summed E-state index contributed by atoms with van der Waals surface area (Å²) in [6, 6.07) is 4.62. The summed E-state index contributed by atoms with van der Waals surface area (Å²) < 4.78 is 11.0. The topological polar surface area (TPSA) is 114 Å². The zero-order valence-corrected chi connectivity index (χ0v) is 13.4. The lowest BCUT2D eigenvalue weighted by Crippen LogP contribution is -2.56. The summed E-state index contributed by atoms with van der Waals surface area (Å²) in [5.41, 5.74) is 7.88. The number of rotatable bonds is 2. The van der Waals surface area contributed by atoms with Gasteiger partial charge in [0, 0.05) is 17.7 Å². The third kappa shape index (κ3) is 2.83. The van der Waals surface area contributed by atoms with Gasteiger partial charge in [0.1, 0.15) is 17.9 Å². The third-order valence-corrected chi connectivity index (χ3v) is 4.62. The van der Waals surface area contributed by atoms with Crippen LogP contribution >= 0.6 is 0 Å². The Morgan fingerprint density at radius 2 is 2.21 bits per heavy atom. The predicted molar refractivity (Wildman–Crippen MR) is 83.7 cm³/mol. The maximum Gasteiger partial charge on any atom is 0.274 e. The molecule has 2 aliphatic rings. The Balaban J connectivity index is 1.89. The van der Waals surface area contributed by atoms with E-state index in [0.29, 0.717) is 31.9 Å². The standard InChI is InChI=1S/C16H21N3O5/c1-10-12-3-2-11(14(20)18-22)8-13(12)24-7-5-19(10)15(21)16(17)4-6-23-9-16/h2-3,8,10,22H,4-7,9,17H2,1H3,(H,18,20). The fourth-order valence-corrected chi connectivity index (χ4v) is 3.14.